The lowest BCUT2D eigenvalue weighted by Crippen LogP contribution is -1.86. The largest absolute Gasteiger partial charge is 0.508 e. The van der Waals surface area contributed by atoms with Crippen LogP contribution in [0.25, 0.3) is 0 Å². The molecule has 0 atom stereocenters. The highest BCUT2D eigenvalue weighted by atomic mass is 31.2. The Balaban J connectivity index is 0. The Hall–Kier alpha value is -1.17. The molecule has 1 rings (SSSR count). The first-order chi connectivity index (χ1) is 9.37. The SMILES string of the molecule is C=CCOP(=O)(O)O.CCOCC.Oc1ccccc1. The maximum atomic E-state index is 9.81. The molecule has 0 heterocycles. The number of benzene rings is 1. The van der Waals surface area contributed by atoms with Crippen LogP contribution in [0.4, 0.5) is 0 Å². The van der Waals surface area contributed by atoms with E-state index in [0.29, 0.717) is 5.75 Å². The van der Waals surface area contributed by atoms with E-state index in [9.17, 15) is 4.57 Å². The number of phenols is 1. The number of para-hydroxylation sites is 1. The van der Waals surface area contributed by atoms with Crippen LogP contribution in [0, 0.1) is 0 Å². The molecule has 7 heteroatoms. The first-order valence-corrected chi connectivity index (χ1v) is 7.53. The second kappa shape index (κ2) is 14.2. The van der Waals surface area contributed by atoms with Crippen molar-refractivity contribution in [1.82, 2.24) is 0 Å². The second-order valence-corrected chi connectivity index (χ2v) is 4.43. The van der Waals surface area contributed by atoms with Crippen LogP contribution >= 0.6 is 7.82 Å². The summed E-state index contributed by atoms with van der Waals surface area (Å²) in [7, 11) is -4.25. The zero-order valence-corrected chi connectivity index (χ0v) is 12.7. The van der Waals surface area contributed by atoms with Crippen LogP contribution < -0.4 is 0 Å². The molecule has 0 aliphatic heterocycles. The maximum Gasteiger partial charge on any atom is 0.469 e. The van der Waals surface area contributed by atoms with E-state index >= 15 is 0 Å². The minimum absolute atomic E-state index is 0.121. The summed E-state index contributed by atoms with van der Waals surface area (Å²) in [5.41, 5.74) is 0. The molecule has 0 spiro atoms. The number of hydrogen-bond acceptors (Lipinski definition) is 4. The third-order valence-electron chi connectivity index (χ3n) is 1.53. The molecule has 0 unspecified atom stereocenters. The normalized spacial score (nSPS) is 9.60. The number of rotatable bonds is 5. The molecule has 0 aliphatic carbocycles. The number of phosphoric ester groups is 1. The summed E-state index contributed by atoms with van der Waals surface area (Å²) in [6.45, 7) is 8.74. The zero-order chi connectivity index (χ0) is 15.9. The summed E-state index contributed by atoms with van der Waals surface area (Å²) < 4.78 is 18.6. The highest BCUT2D eigenvalue weighted by Crippen LogP contribution is 2.35. The molecule has 0 amide bonds. The fourth-order valence-electron chi connectivity index (χ4n) is 0.782. The molecule has 0 aromatic heterocycles. The van der Waals surface area contributed by atoms with Crippen LogP contribution in [0.2, 0.25) is 0 Å². The highest BCUT2D eigenvalue weighted by molar-refractivity contribution is 7.46. The molecule has 116 valence electrons. The summed E-state index contributed by atoms with van der Waals surface area (Å²) in [4.78, 5) is 16.0. The van der Waals surface area contributed by atoms with Crippen molar-refractivity contribution in [2.24, 2.45) is 0 Å². The first-order valence-electron chi connectivity index (χ1n) is 6.00. The Morgan fingerprint density at radius 3 is 1.85 bits per heavy atom. The quantitative estimate of drug-likeness (QED) is 0.572. The summed E-state index contributed by atoms with van der Waals surface area (Å²) >= 11 is 0. The minimum atomic E-state index is -4.25. The fraction of sp³-hybridized carbons (Fsp3) is 0.385. The molecule has 1 aromatic carbocycles. The smallest absolute Gasteiger partial charge is 0.469 e. The van der Waals surface area contributed by atoms with Gasteiger partial charge in [0.25, 0.3) is 0 Å². The van der Waals surface area contributed by atoms with E-state index < -0.39 is 7.82 Å². The van der Waals surface area contributed by atoms with Crippen molar-refractivity contribution in [2.45, 2.75) is 13.8 Å². The predicted molar refractivity (Wildman–Crippen MR) is 78.5 cm³/mol. The van der Waals surface area contributed by atoms with Gasteiger partial charge in [-0.2, -0.15) is 0 Å². The van der Waals surface area contributed by atoms with Crippen molar-refractivity contribution < 1.29 is 28.7 Å². The molecule has 0 bridgehead atoms. The van der Waals surface area contributed by atoms with Gasteiger partial charge in [0.1, 0.15) is 5.75 Å². The summed E-state index contributed by atoms with van der Waals surface area (Å²) in [6, 6.07) is 8.71. The van der Waals surface area contributed by atoms with Gasteiger partial charge < -0.3 is 19.6 Å². The van der Waals surface area contributed by atoms with Crippen molar-refractivity contribution in [1.29, 1.82) is 0 Å². The predicted octanol–water partition coefficient (Wildman–Crippen LogP) is 2.72. The van der Waals surface area contributed by atoms with Crippen LogP contribution in [0.15, 0.2) is 43.0 Å². The van der Waals surface area contributed by atoms with Gasteiger partial charge in [0.15, 0.2) is 0 Å². The molecule has 0 radical (unpaired) electrons. The van der Waals surface area contributed by atoms with Gasteiger partial charge in [-0.25, -0.2) is 4.57 Å². The average Bonchev–Trinajstić information content (AvgIpc) is 2.39. The van der Waals surface area contributed by atoms with E-state index in [1.807, 2.05) is 19.9 Å². The van der Waals surface area contributed by atoms with Gasteiger partial charge in [0.2, 0.25) is 0 Å². The third-order valence-corrected chi connectivity index (χ3v) is 2.01. The molecule has 0 saturated heterocycles. The zero-order valence-electron chi connectivity index (χ0n) is 11.8. The lowest BCUT2D eigenvalue weighted by Gasteiger charge is -1.98. The first kappa shape index (κ1) is 21.1. The Bertz CT molecular complexity index is 360. The molecule has 0 fully saturated rings. The minimum Gasteiger partial charge on any atom is -0.508 e. The number of phosphoric acid groups is 1. The topological polar surface area (TPSA) is 96.2 Å². The van der Waals surface area contributed by atoms with Gasteiger partial charge in [-0.05, 0) is 26.0 Å². The van der Waals surface area contributed by atoms with Crippen LogP contribution in [-0.4, -0.2) is 34.7 Å². The number of phenolic OH excluding ortho intramolecular Hbond substituents is 1. The number of hydrogen-bond donors (Lipinski definition) is 3. The molecule has 0 aliphatic rings. The lowest BCUT2D eigenvalue weighted by atomic mass is 10.3. The molecular formula is C13H23O6P. The third kappa shape index (κ3) is 22.0. The fourth-order valence-corrected chi connectivity index (χ4v) is 1.08. The Kier molecular flexibility index (Phi) is 15.1. The molecular weight excluding hydrogens is 283 g/mol. The molecule has 0 saturated carbocycles. The summed E-state index contributed by atoms with van der Waals surface area (Å²) in [5, 5.41) is 8.63. The van der Waals surface area contributed by atoms with Crippen molar-refractivity contribution in [3.8, 4) is 5.75 Å². The van der Waals surface area contributed by atoms with Crippen molar-refractivity contribution in [2.75, 3.05) is 19.8 Å². The standard InChI is InChI=1S/C6H6O.C4H10O.C3H7O4P/c7-6-4-2-1-3-5-6;1-3-5-4-2;1-2-3-7-8(4,5)6/h1-5,7H;3-4H2,1-2H3;2H,1,3H2,(H2,4,5,6). The van der Waals surface area contributed by atoms with Crippen molar-refractivity contribution in [3.05, 3.63) is 43.0 Å². The van der Waals surface area contributed by atoms with Gasteiger partial charge in [0.05, 0.1) is 6.61 Å². The Morgan fingerprint density at radius 2 is 1.70 bits per heavy atom. The second-order valence-electron chi connectivity index (χ2n) is 3.19. The maximum absolute atomic E-state index is 9.81. The van der Waals surface area contributed by atoms with Crippen LogP contribution in [0.5, 0.6) is 5.75 Å². The van der Waals surface area contributed by atoms with Gasteiger partial charge in [-0.1, -0.05) is 24.3 Å². The molecule has 6 nitrogen and oxygen atoms in total. The summed E-state index contributed by atoms with van der Waals surface area (Å²) in [5.74, 6) is 0.322. The van der Waals surface area contributed by atoms with Gasteiger partial charge in [-0.15, -0.1) is 6.58 Å². The van der Waals surface area contributed by atoms with Crippen molar-refractivity contribution >= 4 is 7.82 Å². The van der Waals surface area contributed by atoms with E-state index in [1.165, 1.54) is 6.08 Å². The van der Waals surface area contributed by atoms with E-state index in [2.05, 4.69) is 11.1 Å². The van der Waals surface area contributed by atoms with E-state index in [4.69, 9.17) is 19.6 Å². The number of ether oxygens (including phenoxy) is 1. The van der Waals surface area contributed by atoms with Gasteiger partial charge in [-0.3, -0.25) is 4.52 Å². The van der Waals surface area contributed by atoms with Crippen LogP contribution in [-0.2, 0) is 13.8 Å². The molecule has 1 aromatic rings. The van der Waals surface area contributed by atoms with Gasteiger partial charge >= 0.3 is 7.82 Å². The van der Waals surface area contributed by atoms with Crippen LogP contribution in [0.3, 0.4) is 0 Å². The Morgan fingerprint density at radius 1 is 1.20 bits per heavy atom. The van der Waals surface area contributed by atoms with E-state index in [-0.39, 0.29) is 6.61 Å². The highest BCUT2D eigenvalue weighted by Gasteiger charge is 2.10. The average molecular weight is 306 g/mol. The van der Waals surface area contributed by atoms with E-state index in [0.717, 1.165) is 13.2 Å². The van der Waals surface area contributed by atoms with E-state index in [1.54, 1.807) is 24.3 Å². The Labute approximate surface area is 119 Å². The monoisotopic (exact) mass is 306 g/mol. The van der Waals surface area contributed by atoms with Crippen LogP contribution in [0.1, 0.15) is 13.8 Å². The molecule has 20 heavy (non-hydrogen) atoms. The van der Waals surface area contributed by atoms with Crippen molar-refractivity contribution in [3.63, 3.8) is 0 Å². The molecule has 3 N–H and O–H groups in total. The number of aromatic hydroxyl groups is 1. The lowest BCUT2D eigenvalue weighted by molar-refractivity contribution is 0.162. The summed E-state index contributed by atoms with van der Waals surface area (Å²) in [6.07, 6.45) is 1.26. The van der Waals surface area contributed by atoms with Gasteiger partial charge in [0, 0.05) is 13.2 Å².